The van der Waals surface area contributed by atoms with Crippen LogP contribution in [-0.4, -0.2) is 30.7 Å². The van der Waals surface area contributed by atoms with E-state index in [1.54, 1.807) is 12.1 Å². The lowest BCUT2D eigenvalue weighted by molar-refractivity contribution is -0.143. The molecule has 1 aliphatic carbocycles. The van der Waals surface area contributed by atoms with E-state index >= 15 is 0 Å². The smallest absolute Gasteiger partial charge is 0.417 e. The third-order valence-corrected chi connectivity index (χ3v) is 9.33. The van der Waals surface area contributed by atoms with E-state index in [1.807, 2.05) is 13.8 Å². The lowest BCUT2D eigenvalue weighted by Crippen LogP contribution is -2.35. The van der Waals surface area contributed by atoms with Crippen LogP contribution in [0.25, 0.3) is 16.7 Å². The number of carbonyl (C=O) groups is 1. The number of allylic oxidation sites excluding steroid dienone is 1. The van der Waals surface area contributed by atoms with Gasteiger partial charge >= 0.3 is 24.6 Å². The predicted molar refractivity (Wildman–Crippen MR) is 165 cm³/mol. The SMILES string of the molecule is COc1cc(C(F)(F)F)c(-c2ccccc2Cl)cc1C1=C(CN2C(=O)O[C@H](c3cc(C(F)(F)F)cc(C(F)(F)F)c3)[C@@H]2C)CC(C)(C)CC1. The average Bonchev–Trinajstić information content (AvgIpc) is 3.27. The molecule has 0 N–H and O–H groups in total. The number of hydrogen-bond donors (Lipinski definition) is 0. The first-order valence-corrected chi connectivity index (χ1v) is 15.5. The van der Waals surface area contributed by atoms with Gasteiger partial charge in [-0.15, -0.1) is 0 Å². The Morgan fingerprint density at radius 3 is 2.04 bits per heavy atom. The zero-order chi connectivity index (χ0) is 36.3. The predicted octanol–water partition coefficient (Wildman–Crippen LogP) is 11.6. The van der Waals surface area contributed by atoms with E-state index in [0.717, 1.165) is 6.07 Å². The molecule has 3 aromatic rings. The van der Waals surface area contributed by atoms with E-state index in [4.69, 9.17) is 21.1 Å². The summed E-state index contributed by atoms with van der Waals surface area (Å²) in [7, 11) is 1.23. The van der Waals surface area contributed by atoms with Crippen LogP contribution in [0.3, 0.4) is 0 Å². The first kappa shape index (κ1) is 36.4. The van der Waals surface area contributed by atoms with Crippen LogP contribution in [0.4, 0.5) is 44.3 Å². The van der Waals surface area contributed by atoms with Gasteiger partial charge in [-0.25, -0.2) is 4.79 Å². The Kier molecular flexibility index (Phi) is 9.50. The number of alkyl halides is 9. The van der Waals surface area contributed by atoms with Gasteiger partial charge < -0.3 is 9.47 Å². The highest BCUT2D eigenvalue weighted by Gasteiger charge is 2.44. The largest absolute Gasteiger partial charge is 0.496 e. The molecule has 0 saturated carbocycles. The molecule has 5 rings (SSSR count). The summed E-state index contributed by atoms with van der Waals surface area (Å²) in [6, 6.07) is 8.37. The zero-order valence-corrected chi connectivity index (χ0v) is 27.4. The highest BCUT2D eigenvalue weighted by Crippen LogP contribution is 2.50. The molecule has 1 aliphatic heterocycles. The van der Waals surface area contributed by atoms with Crippen molar-refractivity contribution in [1.29, 1.82) is 0 Å². The monoisotopic (exact) mass is 719 g/mol. The van der Waals surface area contributed by atoms with Crippen LogP contribution in [0.2, 0.25) is 5.02 Å². The van der Waals surface area contributed by atoms with Crippen LogP contribution in [0, 0.1) is 5.41 Å². The first-order valence-electron chi connectivity index (χ1n) is 15.1. The highest BCUT2D eigenvalue weighted by atomic mass is 35.5. The van der Waals surface area contributed by atoms with Crippen molar-refractivity contribution < 1.29 is 53.8 Å². The molecule has 0 radical (unpaired) electrons. The summed E-state index contributed by atoms with van der Waals surface area (Å²) in [5.74, 6) is -0.0751. The number of ether oxygens (including phenoxy) is 2. The summed E-state index contributed by atoms with van der Waals surface area (Å²) in [5.41, 5.74) is -3.34. The molecular weight excluding hydrogens is 689 g/mol. The molecular formula is C35H31ClF9NO3. The van der Waals surface area contributed by atoms with Crippen molar-refractivity contribution in [2.75, 3.05) is 13.7 Å². The number of halogens is 10. The Hall–Kier alpha value is -3.87. The third kappa shape index (κ3) is 7.51. The van der Waals surface area contributed by atoms with Crippen molar-refractivity contribution >= 4 is 23.3 Å². The third-order valence-electron chi connectivity index (χ3n) is 9.00. The maximum Gasteiger partial charge on any atom is 0.417 e. The summed E-state index contributed by atoms with van der Waals surface area (Å²) >= 11 is 6.34. The van der Waals surface area contributed by atoms with Crippen molar-refractivity contribution in [2.24, 2.45) is 5.41 Å². The zero-order valence-electron chi connectivity index (χ0n) is 26.6. The summed E-state index contributed by atoms with van der Waals surface area (Å²) in [6.45, 7) is 5.25. The molecule has 2 atom stereocenters. The van der Waals surface area contributed by atoms with E-state index in [1.165, 1.54) is 37.1 Å². The van der Waals surface area contributed by atoms with E-state index in [0.29, 0.717) is 48.1 Å². The Morgan fingerprint density at radius 1 is 0.878 bits per heavy atom. The van der Waals surface area contributed by atoms with Crippen molar-refractivity contribution in [2.45, 2.75) is 70.7 Å². The average molecular weight is 720 g/mol. The molecule has 1 saturated heterocycles. The Morgan fingerprint density at radius 2 is 1.49 bits per heavy atom. The Balaban J connectivity index is 1.61. The topological polar surface area (TPSA) is 38.8 Å². The number of cyclic esters (lactones) is 1. The Bertz CT molecular complexity index is 1760. The maximum absolute atomic E-state index is 14.4. The maximum atomic E-state index is 14.4. The summed E-state index contributed by atoms with van der Waals surface area (Å²) in [4.78, 5) is 14.4. The van der Waals surface area contributed by atoms with Gasteiger partial charge in [0, 0.05) is 22.7 Å². The second-order valence-corrected chi connectivity index (χ2v) is 13.4. The van der Waals surface area contributed by atoms with Gasteiger partial charge in [-0.3, -0.25) is 4.90 Å². The van der Waals surface area contributed by atoms with Crippen LogP contribution < -0.4 is 4.74 Å². The Labute approximate surface area is 281 Å². The van der Waals surface area contributed by atoms with Crippen LogP contribution in [0.5, 0.6) is 5.75 Å². The van der Waals surface area contributed by atoms with Crippen molar-refractivity contribution in [3.8, 4) is 16.9 Å². The van der Waals surface area contributed by atoms with Gasteiger partial charge in [-0.2, -0.15) is 39.5 Å². The van der Waals surface area contributed by atoms with Gasteiger partial charge in [0.25, 0.3) is 0 Å². The second kappa shape index (κ2) is 12.8. The number of carbonyl (C=O) groups excluding carboxylic acids is 1. The summed E-state index contributed by atoms with van der Waals surface area (Å²) in [5, 5.41) is 0.0889. The lowest BCUT2D eigenvalue weighted by atomic mass is 9.72. The number of nitrogens with zero attached hydrogens (tertiary/aromatic N) is 1. The van der Waals surface area contributed by atoms with Gasteiger partial charge in [0.15, 0.2) is 0 Å². The fourth-order valence-electron chi connectivity index (χ4n) is 6.52. The number of amides is 1. The first-order chi connectivity index (χ1) is 22.6. The number of benzene rings is 3. The van der Waals surface area contributed by atoms with Gasteiger partial charge in [0.1, 0.15) is 11.9 Å². The van der Waals surface area contributed by atoms with Gasteiger partial charge in [0.2, 0.25) is 0 Å². The van der Waals surface area contributed by atoms with E-state index in [2.05, 4.69) is 0 Å². The molecule has 3 aromatic carbocycles. The molecule has 0 bridgehead atoms. The molecule has 1 heterocycles. The minimum absolute atomic E-state index is 0.00175. The minimum Gasteiger partial charge on any atom is -0.496 e. The lowest BCUT2D eigenvalue weighted by Gasteiger charge is -2.36. The van der Waals surface area contributed by atoms with Crippen molar-refractivity contribution in [1.82, 2.24) is 4.90 Å². The van der Waals surface area contributed by atoms with Crippen molar-refractivity contribution in [3.05, 3.63) is 93.0 Å². The molecule has 0 aromatic heterocycles. The van der Waals surface area contributed by atoms with Crippen LogP contribution in [-0.2, 0) is 23.3 Å². The van der Waals surface area contributed by atoms with Crippen LogP contribution in [0.1, 0.15) is 74.0 Å². The fraction of sp³-hybridized carbons (Fsp3) is 0.400. The molecule has 14 heteroatoms. The van der Waals surface area contributed by atoms with Gasteiger partial charge in [-0.1, -0.05) is 43.6 Å². The molecule has 264 valence electrons. The minimum atomic E-state index is -5.10. The molecule has 0 unspecified atom stereocenters. The molecule has 1 amide bonds. The normalized spacial score (nSPS) is 20.1. The van der Waals surface area contributed by atoms with Crippen molar-refractivity contribution in [3.63, 3.8) is 0 Å². The van der Waals surface area contributed by atoms with Crippen LogP contribution in [0.15, 0.2) is 60.2 Å². The van der Waals surface area contributed by atoms with Gasteiger partial charge in [-0.05, 0) is 90.3 Å². The number of hydrogen-bond acceptors (Lipinski definition) is 3. The van der Waals surface area contributed by atoms with Crippen LogP contribution >= 0.6 is 11.6 Å². The quantitative estimate of drug-likeness (QED) is 0.238. The van der Waals surface area contributed by atoms with E-state index in [9.17, 15) is 44.3 Å². The standard InChI is InChI=1S/C35H31ClF9NO3/c1-18-30(19-11-21(33(37,38)39)13-22(12-19)34(40,41)42)49-31(47)46(18)17-20-16-32(2,3)10-9-23(20)26-14-25(24-7-5-6-8-28(24)36)27(35(43,44)45)15-29(26)48-4/h5-8,11-15,18,30H,9-10,16-17H2,1-4H3/t18-,30-/m0/s1. The molecule has 4 nitrogen and oxygen atoms in total. The number of rotatable bonds is 6. The van der Waals surface area contributed by atoms with Gasteiger partial charge in [0.05, 0.1) is 29.8 Å². The van der Waals surface area contributed by atoms with E-state index in [-0.39, 0.29) is 39.9 Å². The summed E-state index contributed by atoms with van der Waals surface area (Å²) in [6.07, 6.45) is -16.0. The molecule has 1 fully saturated rings. The second-order valence-electron chi connectivity index (χ2n) is 13.0. The number of methoxy groups -OCH3 is 1. The molecule has 49 heavy (non-hydrogen) atoms. The van der Waals surface area contributed by atoms with E-state index < -0.39 is 59.0 Å². The summed E-state index contributed by atoms with van der Waals surface area (Å²) < 4.78 is 136. The fourth-order valence-corrected chi connectivity index (χ4v) is 6.76. The molecule has 2 aliphatic rings. The molecule has 0 spiro atoms. The highest BCUT2D eigenvalue weighted by molar-refractivity contribution is 6.33.